The van der Waals surface area contributed by atoms with Crippen LogP contribution in [0.4, 0.5) is 8.78 Å². The molecule has 17 heavy (non-hydrogen) atoms. The van der Waals surface area contributed by atoms with E-state index < -0.39 is 23.7 Å². The van der Waals surface area contributed by atoms with Crippen LogP contribution in [-0.4, -0.2) is 24.7 Å². The van der Waals surface area contributed by atoms with Crippen molar-refractivity contribution in [3.05, 3.63) is 21.9 Å². The monoisotopic (exact) mass is 309 g/mol. The fourth-order valence-corrected chi connectivity index (χ4v) is 1.62. The summed E-state index contributed by atoms with van der Waals surface area (Å²) in [4.78, 5) is 15.2. The maximum Gasteiger partial charge on any atom is 0.357 e. The lowest BCUT2D eigenvalue weighted by molar-refractivity contribution is 0.0505. The van der Waals surface area contributed by atoms with E-state index in [0.717, 1.165) is 0 Å². The molecule has 7 heteroatoms. The predicted octanol–water partition coefficient (Wildman–Crippen LogP) is 2.97. The lowest BCUT2D eigenvalue weighted by Gasteiger charge is -2.12. The molecule has 0 radical (unpaired) electrons. The number of nitrogens with zero attached hydrogens (tertiary/aromatic N) is 1. The lowest BCUT2D eigenvalue weighted by atomic mass is 10.2. The van der Waals surface area contributed by atoms with Gasteiger partial charge in [0.25, 0.3) is 6.43 Å². The van der Waals surface area contributed by atoms with Crippen LogP contribution < -0.4 is 4.74 Å². The number of halogens is 3. The molecule has 1 heterocycles. The molecule has 1 aromatic heterocycles. The van der Waals surface area contributed by atoms with Gasteiger partial charge in [0.15, 0.2) is 5.69 Å². The van der Waals surface area contributed by atoms with E-state index in [9.17, 15) is 13.6 Å². The molecule has 0 aliphatic carbocycles. The first-order valence-electron chi connectivity index (χ1n) is 4.71. The third-order valence-electron chi connectivity index (χ3n) is 1.90. The third-order valence-corrected chi connectivity index (χ3v) is 2.30. The van der Waals surface area contributed by atoms with Gasteiger partial charge in [-0.3, -0.25) is 0 Å². The largest absolute Gasteiger partial charge is 0.496 e. The Morgan fingerprint density at radius 1 is 1.59 bits per heavy atom. The van der Waals surface area contributed by atoms with Gasteiger partial charge >= 0.3 is 5.97 Å². The van der Waals surface area contributed by atoms with Crippen LogP contribution in [0.25, 0.3) is 0 Å². The standard InChI is InChI=1S/C10H10BrF2NO3/c1-3-17-10(15)8-7(9(12)13)5(16-2)4-6(11)14-8/h4,9H,3H2,1-2H3. The summed E-state index contributed by atoms with van der Waals surface area (Å²) in [5, 5.41) is 0. The van der Waals surface area contributed by atoms with Gasteiger partial charge in [0.2, 0.25) is 0 Å². The number of pyridine rings is 1. The molecule has 0 aliphatic rings. The second kappa shape index (κ2) is 5.90. The number of ether oxygens (including phenoxy) is 2. The van der Waals surface area contributed by atoms with Gasteiger partial charge in [-0.15, -0.1) is 0 Å². The fourth-order valence-electron chi connectivity index (χ4n) is 1.24. The van der Waals surface area contributed by atoms with Crippen LogP contribution in [0.15, 0.2) is 10.7 Å². The molecule has 0 aliphatic heterocycles. The summed E-state index contributed by atoms with van der Waals surface area (Å²) in [7, 11) is 1.24. The Balaban J connectivity index is 3.35. The van der Waals surface area contributed by atoms with Crippen molar-refractivity contribution in [2.45, 2.75) is 13.3 Å². The maximum atomic E-state index is 12.9. The van der Waals surface area contributed by atoms with Crippen molar-refractivity contribution < 1.29 is 23.0 Å². The number of carbonyl (C=O) groups excluding carboxylic acids is 1. The van der Waals surface area contributed by atoms with E-state index in [1.54, 1.807) is 6.92 Å². The minimum Gasteiger partial charge on any atom is -0.496 e. The SMILES string of the molecule is CCOC(=O)c1nc(Br)cc(OC)c1C(F)F. The quantitative estimate of drug-likeness (QED) is 0.634. The second-order valence-electron chi connectivity index (χ2n) is 2.93. The molecule has 0 aromatic carbocycles. The van der Waals surface area contributed by atoms with Crippen LogP contribution in [-0.2, 0) is 4.74 Å². The van der Waals surface area contributed by atoms with Gasteiger partial charge in [-0.25, -0.2) is 18.6 Å². The molecule has 0 spiro atoms. The zero-order valence-corrected chi connectivity index (χ0v) is 10.8. The van der Waals surface area contributed by atoms with Crippen molar-refractivity contribution in [1.82, 2.24) is 4.98 Å². The van der Waals surface area contributed by atoms with E-state index in [0.29, 0.717) is 0 Å². The molecule has 0 bridgehead atoms. The average molecular weight is 310 g/mol. The third kappa shape index (κ3) is 3.12. The Kier molecular flexibility index (Phi) is 4.80. The molecular weight excluding hydrogens is 300 g/mol. The summed E-state index contributed by atoms with van der Waals surface area (Å²) in [5.41, 5.74) is -0.998. The van der Waals surface area contributed by atoms with Crippen LogP contribution in [0.5, 0.6) is 5.75 Å². The Morgan fingerprint density at radius 2 is 2.24 bits per heavy atom. The summed E-state index contributed by atoms with van der Waals surface area (Å²) in [5.74, 6) is -1.01. The highest BCUT2D eigenvalue weighted by Crippen LogP contribution is 2.33. The van der Waals surface area contributed by atoms with Crippen molar-refractivity contribution in [3.8, 4) is 5.75 Å². The number of esters is 1. The first-order valence-corrected chi connectivity index (χ1v) is 5.50. The number of hydrogen-bond acceptors (Lipinski definition) is 4. The topological polar surface area (TPSA) is 48.4 Å². The average Bonchev–Trinajstić information content (AvgIpc) is 2.27. The van der Waals surface area contributed by atoms with Crippen LogP contribution >= 0.6 is 15.9 Å². The molecule has 0 fully saturated rings. The summed E-state index contributed by atoms with van der Waals surface area (Å²) < 4.78 is 35.4. The number of rotatable bonds is 4. The first-order chi connectivity index (χ1) is 8.01. The van der Waals surface area contributed by atoms with Crippen molar-refractivity contribution in [3.63, 3.8) is 0 Å². The summed E-state index contributed by atoms with van der Waals surface area (Å²) in [6, 6.07) is 1.27. The molecule has 94 valence electrons. The Labute approximate surface area is 105 Å². The minimum absolute atomic E-state index is 0.0814. The van der Waals surface area contributed by atoms with Gasteiger partial charge in [0, 0.05) is 6.07 Å². The molecule has 1 aromatic rings. The Morgan fingerprint density at radius 3 is 2.71 bits per heavy atom. The number of alkyl halides is 2. The van der Waals surface area contributed by atoms with E-state index in [2.05, 4.69) is 25.7 Å². The molecule has 0 atom stereocenters. The maximum absolute atomic E-state index is 12.9. The number of hydrogen-bond donors (Lipinski definition) is 0. The molecule has 0 saturated carbocycles. The van der Waals surface area contributed by atoms with E-state index in [1.165, 1.54) is 13.2 Å². The summed E-state index contributed by atoms with van der Waals surface area (Å²) in [6.45, 7) is 1.66. The van der Waals surface area contributed by atoms with Crippen molar-refractivity contribution in [1.29, 1.82) is 0 Å². The number of aromatic nitrogens is 1. The second-order valence-corrected chi connectivity index (χ2v) is 3.74. The van der Waals surface area contributed by atoms with E-state index in [-0.39, 0.29) is 17.0 Å². The minimum atomic E-state index is -2.87. The highest BCUT2D eigenvalue weighted by Gasteiger charge is 2.26. The van der Waals surface area contributed by atoms with Crippen LogP contribution in [0.3, 0.4) is 0 Å². The van der Waals surface area contributed by atoms with Gasteiger partial charge in [0.05, 0.1) is 19.3 Å². The van der Waals surface area contributed by atoms with Gasteiger partial charge in [-0.2, -0.15) is 0 Å². The summed E-state index contributed by atoms with van der Waals surface area (Å²) >= 11 is 3.01. The Bertz CT molecular complexity index is 426. The number of carbonyl (C=O) groups is 1. The smallest absolute Gasteiger partial charge is 0.357 e. The lowest BCUT2D eigenvalue weighted by Crippen LogP contribution is -2.12. The normalized spacial score (nSPS) is 10.5. The predicted molar refractivity (Wildman–Crippen MR) is 59.4 cm³/mol. The van der Waals surface area contributed by atoms with E-state index in [4.69, 9.17) is 4.74 Å². The van der Waals surface area contributed by atoms with Crippen molar-refractivity contribution >= 4 is 21.9 Å². The molecule has 0 N–H and O–H groups in total. The molecular formula is C10H10BrF2NO3. The zero-order valence-electron chi connectivity index (χ0n) is 9.17. The molecule has 0 amide bonds. The molecule has 0 saturated heterocycles. The highest BCUT2D eigenvalue weighted by atomic mass is 79.9. The van der Waals surface area contributed by atoms with Crippen molar-refractivity contribution in [2.75, 3.05) is 13.7 Å². The highest BCUT2D eigenvalue weighted by molar-refractivity contribution is 9.10. The Hall–Kier alpha value is -1.24. The van der Waals surface area contributed by atoms with Gasteiger partial charge in [-0.05, 0) is 22.9 Å². The van der Waals surface area contributed by atoms with Crippen LogP contribution in [0.2, 0.25) is 0 Å². The van der Waals surface area contributed by atoms with Crippen LogP contribution in [0.1, 0.15) is 29.4 Å². The molecule has 4 nitrogen and oxygen atoms in total. The number of methoxy groups -OCH3 is 1. The van der Waals surface area contributed by atoms with E-state index in [1.807, 2.05) is 0 Å². The van der Waals surface area contributed by atoms with Gasteiger partial charge in [0.1, 0.15) is 10.4 Å². The van der Waals surface area contributed by atoms with Crippen LogP contribution in [0, 0.1) is 0 Å². The molecule has 1 rings (SSSR count). The van der Waals surface area contributed by atoms with Gasteiger partial charge in [-0.1, -0.05) is 0 Å². The van der Waals surface area contributed by atoms with Crippen molar-refractivity contribution in [2.24, 2.45) is 0 Å². The molecule has 0 unspecified atom stereocenters. The van der Waals surface area contributed by atoms with Gasteiger partial charge < -0.3 is 9.47 Å². The summed E-state index contributed by atoms with van der Waals surface area (Å²) in [6.07, 6.45) is -2.87. The zero-order chi connectivity index (χ0) is 13.0. The van der Waals surface area contributed by atoms with E-state index >= 15 is 0 Å². The fraction of sp³-hybridized carbons (Fsp3) is 0.400. The first kappa shape index (κ1) is 13.8.